The van der Waals surface area contributed by atoms with Crippen molar-refractivity contribution in [3.05, 3.63) is 0 Å². The Morgan fingerprint density at radius 2 is 2.55 bits per heavy atom. The van der Waals surface area contributed by atoms with Crippen LogP contribution in [0.2, 0.25) is 0 Å². The fraction of sp³-hybridized carbons (Fsp3) is 0.500. The van der Waals surface area contributed by atoms with Gasteiger partial charge in [0, 0.05) is 0 Å². The van der Waals surface area contributed by atoms with Gasteiger partial charge in [-0.2, -0.15) is 5.10 Å². The molecule has 6 nitrogen and oxygen atoms in total. The Morgan fingerprint density at radius 1 is 1.82 bits per heavy atom. The van der Waals surface area contributed by atoms with Crippen LogP contribution in [-0.2, 0) is 8.98 Å². The summed E-state index contributed by atoms with van der Waals surface area (Å²) in [7, 11) is 0. The Labute approximate surface area is 68.2 Å². The molecule has 0 aromatic rings. The van der Waals surface area contributed by atoms with Crippen molar-refractivity contribution in [2.24, 2.45) is 5.10 Å². The van der Waals surface area contributed by atoms with Crippen LogP contribution in [0, 0.1) is 0 Å². The molecule has 3 N–H and O–H groups in total. The van der Waals surface area contributed by atoms with E-state index in [2.05, 4.69) is 32.9 Å². The van der Waals surface area contributed by atoms with E-state index in [4.69, 9.17) is 5.11 Å². The molecule has 0 saturated carbocycles. The zero-order chi connectivity index (χ0) is 8.27. The number of amides is 1. The van der Waals surface area contributed by atoms with Gasteiger partial charge >= 0.3 is 0 Å². The number of thiol groups is 1. The summed E-state index contributed by atoms with van der Waals surface area (Å²) >= 11 is 3.45. The van der Waals surface area contributed by atoms with Crippen molar-refractivity contribution >= 4 is 24.5 Å². The predicted octanol–water partition coefficient (Wildman–Crippen LogP) is -1.80. The number of nitrogens with one attached hydrogen (secondary N) is 2. The van der Waals surface area contributed by atoms with Gasteiger partial charge in [-0.1, -0.05) is 0 Å². The van der Waals surface area contributed by atoms with E-state index >= 15 is 0 Å². The number of hydrazone groups is 1. The highest BCUT2D eigenvalue weighted by Gasteiger charge is 2.20. The Bertz CT molecular complexity index is 195. The molecule has 0 spiro atoms. The quantitative estimate of drug-likeness (QED) is 0.296. The Kier molecular flexibility index (Phi) is 2.69. The van der Waals surface area contributed by atoms with Gasteiger partial charge in [-0.05, 0) is 12.9 Å². The number of nitrogens with zero attached hydrogens (tertiary/aromatic N) is 1. The lowest BCUT2D eigenvalue weighted by molar-refractivity contribution is -0.118. The molecule has 0 aliphatic carbocycles. The maximum atomic E-state index is 10.8. The van der Waals surface area contributed by atoms with E-state index in [1.54, 1.807) is 0 Å². The molecule has 0 fully saturated rings. The highest BCUT2D eigenvalue weighted by molar-refractivity contribution is 7.75. The Morgan fingerprint density at radius 3 is 3.00 bits per heavy atom. The molecule has 1 aliphatic heterocycles. The van der Waals surface area contributed by atoms with Crippen LogP contribution in [-0.4, -0.2) is 29.7 Å². The minimum atomic E-state index is -0.735. The molecule has 0 aromatic heterocycles. The predicted molar refractivity (Wildman–Crippen MR) is 39.7 cm³/mol. The number of carbonyl (C=O) groups excluding carboxylic acids is 1. The number of hydrogen-bond acceptors (Lipinski definition) is 6. The van der Waals surface area contributed by atoms with Crippen molar-refractivity contribution in [2.75, 3.05) is 6.61 Å². The molecular formula is C4H7N3O3S. The third-order valence-electron chi connectivity index (χ3n) is 1.10. The van der Waals surface area contributed by atoms with Crippen LogP contribution in [0.25, 0.3) is 0 Å². The fourth-order valence-electron chi connectivity index (χ4n) is 0.579. The van der Waals surface area contributed by atoms with Gasteiger partial charge in [0.1, 0.15) is 0 Å². The Hall–Kier alpha value is -0.790. The third-order valence-corrected chi connectivity index (χ3v) is 1.31. The highest BCUT2D eigenvalue weighted by Crippen LogP contribution is 1.92. The van der Waals surface area contributed by atoms with Gasteiger partial charge in [0.2, 0.25) is 6.35 Å². The first-order valence-electron chi connectivity index (χ1n) is 2.82. The molecule has 1 unspecified atom stereocenters. The third kappa shape index (κ3) is 1.82. The van der Waals surface area contributed by atoms with Crippen molar-refractivity contribution in [1.29, 1.82) is 0 Å². The summed E-state index contributed by atoms with van der Waals surface area (Å²) < 4.78 is 4.42. The molecular weight excluding hydrogens is 170 g/mol. The van der Waals surface area contributed by atoms with Crippen LogP contribution in [0.4, 0.5) is 0 Å². The van der Waals surface area contributed by atoms with E-state index in [9.17, 15) is 4.79 Å². The first kappa shape index (κ1) is 8.31. The molecule has 1 heterocycles. The van der Waals surface area contributed by atoms with E-state index in [0.29, 0.717) is 0 Å². The summed E-state index contributed by atoms with van der Waals surface area (Å²) in [6.45, 7) is -0.405. The monoisotopic (exact) mass is 177 g/mol. The van der Waals surface area contributed by atoms with Gasteiger partial charge in [-0.15, -0.1) is 0 Å². The maximum absolute atomic E-state index is 10.8. The molecule has 0 aromatic carbocycles. The summed E-state index contributed by atoms with van der Waals surface area (Å²) in [6, 6.07) is 0. The summed E-state index contributed by atoms with van der Waals surface area (Å²) in [4.78, 5) is 10.8. The zero-order valence-electron chi connectivity index (χ0n) is 5.44. The molecule has 7 heteroatoms. The zero-order valence-corrected chi connectivity index (χ0v) is 6.34. The summed E-state index contributed by atoms with van der Waals surface area (Å²) in [5, 5.41) is 14.4. The van der Waals surface area contributed by atoms with E-state index < -0.39 is 18.9 Å². The lowest BCUT2D eigenvalue weighted by atomic mass is 10.3. The van der Waals surface area contributed by atoms with Gasteiger partial charge in [-0.3, -0.25) is 14.4 Å². The lowest BCUT2D eigenvalue weighted by Gasteiger charge is -2.20. The summed E-state index contributed by atoms with van der Waals surface area (Å²) in [5.41, 5.74) is 2.42. The minimum Gasteiger partial charge on any atom is -0.390 e. The van der Waals surface area contributed by atoms with Crippen molar-refractivity contribution in [2.45, 2.75) is 6.35 Å². The molecule has 1 amide bonds. The normalized spacial score (nSPS) is 23.6. The first-order chi connectivity index (χ1) is 5.27. The van der Waals surface area contributed by atoms with Crippen LogP contribution in [0.15, 0.2) is 5.10 Å². The van der Waals surface area contributed by atoms with Gasteiger partial charge < -0.3 is 10.4 Å². The SMILES string of the molecule is O=C1NC(OS)NN=C1CO. The first-order valence-corrected chi connectivity index (χ1v) is 3.18. The molecule has 11 heavy (non-hydrogen) atoms. The van der Waals surface area contributed by atoms with Crippen LogP contribution in [0.5, 0.6) is 0 Å². The van der Waals surface area contributed by atoms with Crippen molar-refractivity contribution in [3.8, 4) is 0 Å². The summed E-state index contributed by atoms with van der Waals surface area (Å²) in [5.74, 6) is -0.467. The Balaban J connectivity index is 2.60. The minimum absolute atomic E-state index is 0.0200. The van der Waals surface area contributed by atoms with E-state index in [1.165, 1.54) is 0 Å². The number of aliphatic hydroxyl groups excluding tert-OH is 1. The van der Waals surface area contributed by atoms with Crippen LogP contribution in [0.3, 0.4) is 0 Å². The van der Waals surface area contributed by atoms with Crippen molar-refractivity contribution < 1.29 is 14.1 Å². The smallest absolute Gasteiger partial charge is 0.273 e. The van der Waals surface area contributed by atoms with Crippen LogP contribution in [0.1, 0.15) is 0 Å². The van der Waals surface area contributed by atoms with Gasteiger partial charge in [0.25, 0.3) is 5.91 Å². The van der Waals surface area contributed by atoms with E-state index in [1.807, 2.05) is 0 Å². The van der Waals surface area contributed by atoms with Crippen molar-refractivity contribution in [1.82, 2.24) is 10.7 Å². The largest absolute Gasteiger partial charge is 0.390 e. The van der Waals surface area contributed by atoms with Crippen LogP contribution < -0.4 is 10.7 Å². The van der Waals surface area contributed by atoms with Gasteiger partial charge in [-0.25, -0.2) is 0 Å². The van der Waals surface area contributed by atoms with Gasteiger partial charge in [0.05, 0.1) is 6.61 Å². The van der Waals surface area contributed by atoms with Crippen molar-refractivity contribution in [3.63, 3.8) is 0 Å². The number of aliphatic hydroxyl groups is 1. The highest BCUT2D eigenvalue weighted by atomic mass is 32.1. The van der Waals surface area contributed by atoms with E-state index in [0.717, 1.165) is 0 Å². The van der Waals surface area contributed by atoms with Gasteiger partial charge in [0.15, 0.2) is 5.71 Å². The second-order valence-electron chi connectivity index (χ2n) is 1.80. The lowest BCUT2D eigenvalue weighted by Crippen LogP contribution is -2.52. The molecule has 1 aliphatic rings. The molecule has 0 saturated heterocycles. The van der Waals surface area contributed by atoms with E-state index in [-0.39, 0.29) is 5.71 Å². The fourth-order valence-corrected chi connectivity index (χ4v) is 0.679. The van der Waals surface area contributed by atoms with Crippen LogP contribution >= 0.6 is 12.9 Å². The number of hydrogen-bond donors (Lipinski definition) is 4. The molecule has 62 valence electrons. The second-order valence-corrected chi connectivity index (χ2v) is 2.02. The standard InChI is InChI=1S/C4H7N3O3S/c8-1-2-3(9)5-4(10-11)7-6-2/h4,7-8,11H,1H2,(H,5,9). The molecule has 0 bridgehead atoms. The molecule has 1 rings (SSSR count). The number of carbonyl (C=O) groups is 1. The molecule has 0 radical (unpaired) electrons. The molecule has 1 atom stereocenters. The summed E-state index contributed by atoms with van der Waals surface area (Å²) in [6.07, 6.45) is -0.735. The average molecular weight is 177 g/mol. The average Bonchev–Trinajstić information content (AvgIpc) is 2.04. The second kappa shape index (κ2) is 3.56. The topological polar surface area (TPSA) is 83.0 Å². The number of rotatable bonds is 2. The maximum Gasteiger partial charge on any atom is 0.273 e.